The first-order chi connectivity index (χ1) is 8.69. The Kier molecular flexibility index (Phi) is 3.85. The molecule has 0 fully saturated rings. The number of phenolic OH excluding ortho intramolecular Hbond substituents is 1. The molecule has 0 aliphatic carbocycles. The smallest absolute Gasteiger partial charge is 0.179 e. The molecule has 0 aliphatic rings. The number of aromatic hydroxyl groups is 1. The summed E-state index contributed by atoms with van der Waals surface area (Å²) >= 11 is 5.76. The van der Waals surface area contributed by atoms with Gasteiger partial charge in [0.2, 0.25) is 0 Å². The normalized spacial score (nSPS) is 11.8. The lowest BCUT2D eigenvalue weighted by Gasteiger charge is -2.13. The summed E-state index contributed by atoms with van der Waals surface area (Å²) in [5, 5.41) is 9.79. The molecule has 0 radical (unpaired) electrons. The van der Waals surface area contributed by atoms with Gasteiger partial charge in [-0.05, 0) is 42.0 Å². The van der Waals surface area contributed by atoms with Crippen molar-refractivity contribution in [3.63, 3.8) is 0 Å². The fourth-order valence-electron chi connectivity index (χ4n) is 1.50. The fourth-order valence-corrected chi connectivity index (χ4v) is 1.62. The summed E-state index contributed by atoms with van der Waals surface area (Å²) in [5.74, 6) is 0.708. The van der Waals surface area contributed by atoms with Crippen LogP contribution in [-0.2, 0) is 4.79 Å². The molecule has 0 saturated carbocycles. The van der Waals surface area contributed by atoms with Gasteiger partial charge in [-0.3, -0.25) is 4.79 Å². The van der Waals surface area contributed by atoms with E-state index in [1.807, 2.05) is 0 Å². The number of carbonyl (C=O) groups excluding carboxylic acids is 1. The highest BCUT2D eigenvalue weighted by Crippen LogP contribution is 2.23. The van der Waals surface area contributed by atoms with Crippen LogP contribution in [0.4, 0.5) is 0 Å². The van der Waals surface area contributed by atoms with Crippen LogP contribution in [0.3, 0.4) is 0 Å². The molecule has 2 aromatic rings. The Hall–Kier alpha value is -2.00. The Bertz CT molecular complexity index is 520. The van der Waals surface area contributed by atoms with Crippen LogP contribution in [0.25, 0.3) is 0 Å². The molecule has 0 saturated heterocycles. The first kappa shape index (κ1) is 12.5. The third-order valence-electron chi connectivity index (χ3n) is 2.42. The second-order valence-electron chi connectivity index (χ2n) is 3.72. The number of carbonyl (C=O) groups is 1. The maximum atomic E-state index is 11.0. The van der Waals surface area contributed by atoms with Crippen molar-refractivity contribution in [3.05, 3.63) is 59.1 Å². The molecule has 3 nitrogen and oxygen atoms in total. The number of phenols is 1. The first-order valence-electron chi connectivity index (χ1n) is 5.35. The van der Waals surface area contributed by atoms with Crippen LogP contribution < -0.4 is 4.74 Å². The molecule has 1 atom stereocenters. The number of hydrogen-bond acceptors (Lipinski definition) is 3. The molecule has 0 heterocycles. The number of hydrogen-bond donors (Lipinski definition) is 1. The van der Waals surface area contributed by atoms with Gasteiger partial charge < -0.3 is 9.84 Å². The average Bonchev–Trinajstić information content (AvgIpc) is 2.39. The zero-order chi connectivity index (χ0) is 13.0. The van der Waals surface area contributed by atoms with Gasteiger partial charge in [0.25, 0.3) is 0 Å². The van der Waals surface area contributed by atoms with Gasteiger partial charge in [0.15, 0.2) is 12.4 Å². The zero-order valence-electron chi connectivity index (χ0n) is 9.42. The molecular weight excluding hydrogens is 252 g/mol. The summed E-state index contributed by atoms with van der Waals surface area (Å²) in [5.41, 5.74) is 0.678. The fraction of sp³-hybridized carbons (Fsp3) is 0.0714. The third kappa shape index (κ3) is 3.02. The average molecular weight is 263 g/mol. The van der Waals surface area contributed by atoms with E-state index in [0.717, 1.165) is 0 Å². The minimum atomic E-state index is -0.702. The van der Waals surface area contributed by atoms with E-state index in [1.165, 1.54) is 12.1 Å². The van der Waals surface area contributed by atoms with Gasteiger partial charge in [-0.1, -0.05) is 23.7 Å². The first-order valence-corrected chi connectivity index (χ1v) is 5.73. The third-order valence-corrected chi connectivity index (χ3v) is 2.67. The summed E-state index contributed by atoms with van der Waals surface area (Å²) in [6.45, 7) is 0. The number of benzene rings is 2. The second kappa shape index (κ2) is 5.56. The maximum absolute atomic E-state index is 11.0. The van der Waals surface area contributed by atoms with Crippen LogP contribution in [-0.4, -0.2) is 11.4 Å². The SMILES string of the molecule is O=CC(Oc1ccc(Cl)cc1)c1ccc(O)cc1. The van der Waals surface area contributed by atoms with Crippen molar-refractivity contribution >= 4 is 17.9 Å². The van der Waals surface area contributed by atoms with Crippen molar-refractivity contribution in [1.82, 2.24) is 0 Å². The minimum Gasteiger partial charge on any atom is -0.508 e. The lowest BCUT2D eigenvalue weighted by Crippen LogP contribution is -2.08. The Morgan fingerprint density at radius 1 is 1.06 bits per heavy atom. The van der Waals surface area contributed by atoms with E-state index < -0.39 is 6.10 Å². The van der Waals surface area contributed by atoms with Gasteiger partial charge >= 0.3 is 0 Å². The van der Waals surface area contributed by atoms with Gasteiger partial charge in [0.1, 0.15) is 11.5 Å². The highest BCUT2D eigenvalue weighted by atomic mass is 35.5. The van der Waals surface area contributed by atoms with E-state index in [1.54, 1.807) is 36.4 Å². The molecule has 92 valence electrons. The van der Waals surface area contributed by atoms with Crippen LogP contribution in [0.2, 0.25) is 5.02 Å². The molecular formula is C14H11ClO3. The van der Waals surface area contributed by atoms with Gasteiger partial charge in [-0.2, -0.15) is 0 Å². The molecule has 2 rings (SSSR count). The molecule has 0 aromatic heterocycles. The molecule has 0 aliphatic heterocycles. The summed E-state index contributed by atoms with van der Waals surface area (Å²) in [7, 11) is 0. The number of halogens is 1. The van der Waals surface area contributed by atoms with Crippen LogP contribution in [0.15, 0.2) is 48.5 Å². The van der Waals surface area contributed by atoms with Crippen molar-refractivity contribution in [2.24, 2.45) is 0 Å². The second-order valence-corrected chi connectivity index (χ2v) is 4.16. The van der Waals surface area contributed by atoms with Gasteiger partial charge in [-0.25, -0.2) is 0 Å². The Morgan fingerprint density at radius 3 is 2.22 bits per heavy atom. The Labute approximate surface area is 110 Å². The maximum Gasteiger partial charge on any atom is 0.179 e. The monoisotopic (exact) mass is 262 g/mol. The van der Waals surface area contributed by atoms with Crippen molar-refractivity contribution in [3.8, 4) is 11.5 Å². The quantitative estimate of drug-likeness (QED) is 0.860. The van der Waals surface area contributed by atoms with E-state index in [4.69, 9.17) is 16.3 Å². The van der Waals surface area contributed by atoms with E-state index in [0.29, 0.717) is 22.6 Å². The van der Waals surface area contributed by atoms with Crippen LogP contribution in [0.1, 0.15) is 11.7 Å². The van der Waals surface area contributed by atoms with Crippen molar-refractivity contribution in [2.75, 3.05) is 0 Å². The predicted octanol–water partition coefficient (Wildman–Crippen LogP) is 3.36. The van der Waals surface area contributed by atoms with Crippen LogP contribution in [0, 0.1) is 0 Å². The van der Waals surface area contributed by atoms with E-state index in [9.17, 15) is 9.90 Å². The van der Waals surface area contributed by atoms with Gasteiger partial charge in [-0.15, -0.1) is 0 Å². The van der Waals surface area contributed by atoms with Crippen molar-refractivity contribution in [2.45, 2.75) is 6.10 Å². The molecule has 2 aromatic carbocycles. The van der Waals surface area contributed by atoms with Crippen molar-refractivity contribution in [1.29, 1.82) is 0 Å². The summed E-state index contributed by atoms with van der Waals surface area (Å²) in [6.07, 6.45) is 0.00725. The van der Waals surface area contributed by atoms with Crippen molar-refractivity contribution < 1.29 is 14.6 Å². The number of ether oxygens (including phenoxy) is 1. The molecule has 18 heavy (non-hydrogen) atoms. The zero-order valence-corrected chi connectivity index (χ0v) is 10.2. The summed E-state index contributed by atoms with van der Waals surface area (Å²) in [4.78, 5) is 11.0. The Morgan fingerprint density at radius 2 is 1.67 bits per heavy atom. The largest absolute Gasteiger partial charge is 0.508 e. The summed E-state index contributed by atoms with van der Waals surface area (Å²) in [6, 6.07) is 13.1. The van der Waals surface area contributed by atoms with E-state index in [2.05, 4.69) is 0 Å². The highest BCUT2D eigenvalue weighted by molar-refractivity contribution is 6.30. The lowest BCUT2D eigenvalue weighted by molar-refractivity contribution is -0.113. The molecule has 1 N–H and O–H groups in total. The highest BCUT2D eigenvalue weighted by Gasteiger charge is 2.12. The molecule has 0 bridgehead atoms. The van der Waals surface area contributed by atoms with E-state index >= 15 is 0 Å². The summed E-state index contributed by atoms with van der Waals surface area (Å²) < 4.78 is 5.54. The van der Waals surface area contributed by atoms with Crippen LogP contribution in [0.5, 0.6) is 11.5 Å². The predicted molar refractivity (Wildman–Crippen MR) is 69.0 cm³/mol. The Balaban J connectivity index is 2.16. The number of aldehydes is 1. The van der Waals surface area contributed by atoms with Gasteiger partial charge in [0, 0.05) is 5.02 Å². The molecule has 4 heteroatoms. The lowest BCUT2D eigenvalue weighted by atomic mass is 10.1. The molecule has 0 amide bonds. The molecule has 0 spiro atoms. The topological polar surface area (TPSA) is 46.5 Å². The standard InChI is InChI=1S/C14H11ClO3/c15-11-3-7-13(8-4-11)18-14(9-16)10-1-5-12(17)6-2-10/h1-9,14,17H. The van der Waals surface area contributed by atoms with Crippen LogP contribution >= 0.6 is 11.6 Å². The van der Waals surface area contributed by atoms with E-state index in [-0.39, 0.29) is 5.75 Å². The minimum absolute atomic E-state index is 0.148. The van der Waals surface area contributed by atoms with Gasteiger partial charge in [0.05, 0.1) is 0 Å². The molecule has 1 unspecified atom stereocenters. The number of rotatable bonds is 4.